The van der Waals surface area contributed by atoms with E-state index in [0.29, 0.717) is 12.3 Å². The number of H-pyrrole nitrogens is 1. The number of rotatable bonds is 6. The highest BCUT2D eigenvalue weighted by Gasteiger charge is 2.24. The van der Waals surface area contributed by atoms with Crippen LogP contribution in [0.3, 0.4) is 0 Å². The number of hydrogen-bond donors (Lipinski definition) is 1. The lowest BCUT2D eigenvalue weighted by atomic mass is 9.93. The predicted octanol–water partition coefficient (Wildman–Crippen LogP) is 3.21. The Labute approximate surface area is 152 Å². The predicted molar refractivity (Wildman–Crippen MR) is 100 cm³/mol. The summed E-state index contributed by atoms with van der Waals surface area (Å²) >= 11 is 0. The number of Topliss-reactive ketones (excluding diaryl/α,β-unsaturated/α-hetero) is 1. The number of nitrogens with one attached hydrogen (secondary N) is 1. The first kappa shape index (κ1) is 16.6. The second-order valence-corrected chi connectivity index (χ2v) is 6.74. The molecule has 26 heavy (non-hydrogen) atoms. The Bertz CT molecular complexity index is 878. The van der Waals surface area contributed by atoms with E-state index in [4.69, 9.17) is 4.74 Å². The summed E-state index contributed by atoms with van der Waals surface area (Å²) in [6, 6.07) is 11.5. The molecule has 2 aromatic heterocycles. The maximum absolute atomic E-state index is 12.3. The Morgan fingerprint density at radius 3 is 3.00 bits per heavy atom. The third kappa shape index (κ3) is 3.69. The maximum atomic E-state index is 12.3. The average Bonchev–Trinajstić information content (AvgIpc) is 3.16. The zero-order chi connectivity index (χ0) is 17.8. The number of piperidine rings is 1. The van der Waals surface area contributed by atoms with Crippen molar-refractivity contribution in [3.05, 3.63) is 48.9 Å². The van der Waals surface area contributed by atoms with Gasteiger partial charge in [0.25, 0.3) is 0 Å². The number of anilines is 1. The van der Waals surface area contributed by atoms with E-state index in [0.717, 1.165) is 48.5 Å². The molecule has 0 aliphatic carbocycles. The van der Waals surface area contributed by atoms with Crippen LogP contribution in [-0.4, -0.2) is 40.4 Å². The Morgan fingerprint density at radius 2 is 2.12 bits per heavy atom. The van der Waals surface area contributed by atoms with Gasteiger partial charge in [0.2, 0.25) is 0 Å². The van der Waals surface area contributed by atoms with Gasteiger partial charge >= 0.3 is 0 Å². The lowest BCUT2D eigenvalue weighted by Gasteiger charge is -2.33. The summed E-state index contributed by atoms with van der Waals surface area (Å²) in [6.07, 6.45) is 6.15. The van der Waals surface area contributed by atoms with E-state index in [1.54, 1.807) is 6.33 Å². The highest BCUT2D eigenvalue weighted by molar-refractivity contribution is 5.87. The van der Waals surface area contributed by atoms with Crippen LogP contribution < -0.4 is 9.64 Å². The number of para-hydroxylation sites is 1. The van der Waals surface area contributed by atoms with Crippen LogP contribution in [0.15, 0.2) is 48.9 Å². The van der Waals surface area contributed by atoms with Gasteiger partial charge in [0.1, 0.15) is 30.1 Å². The Morgan fingerprint density at radius 1 is 1.23 bits per heavy atom. The van der Waals surface area contributed by atoms with Crippen LogP contribution in [0.4, 0.5) is 5.82 Å². The highest BCUT2D eigenvalue weighted by Crippen LogP contribution is 2.28. The summed E-state index contributed by atoms with van der Waals surface area (Å²) in [6.45, 7) is 1.94. The molecule has 1 unspecified atom stereocenters. The smallest absolute Gasteiger partial charge is 0.170 e. The van der Waals surface area contributed by atoms with Crippen LogP contribution in [0.25, 0.3) is 11.0 Å². The minimum Gasteiger partial charge on any atom is -0.486 e. The van der Waals surface area contributed by atoms with Gasteiger partial charge in [0, 0.05) is 25.7 Å². The van der Waals surface area contributed by atoms with Gasteiger partial charge < -0.3 is 14.6 Å². The van der Waals surface area contributed by atoms with E-state index < -0.39 is 0 Å². The average molecular weight is 350 g/mol. The first-order valence-electron chi connectivity index (χ1n) is 9.02. The van der Waals surface area contributed by atoms with Crippen LogP contribution in [0.5, 0.6) is 5.75 Å². The minimum atomic E-state index is 0.135. The van der Waals surface area contributed by atoms with Crippen LogP contribution >= 0.6 is 0 Å². The number of carbonyl (C=O) groups is 1. The topological polar surface area (TPSA) is 71.1 Å². The normalized spacial score (nSPS) is 17.4. The van der Waals surface area contributed by atoms with E-state index in [1.165, 1.54) is 0 Å². The standard InChI is InChI=1S/C20H22N4O2/c25-16(13-26-17-6-2-1-3-7-17)11-15-5-4-10-24(12-15)20-18-8-9-21-19(18)22-14-23-20/h1-3,6-9,14-15H,4-5,10-13H2,(H,21,22,23). The van der Waals surface area contributed by atoms with Crippen LogP contribution in [0.2, 0.25) is 0 Å². The first-order chi connectivity index (χ1) is 12.8. The van der Waals surface area contributed by atoms with E-state index >= 15 is 0 Å². The largest absolute Gasteiger partial charge is 0.486 e. The summed E-state index contributed by atoms with van der Waals surface area (Å²) in [4.78, 5) is 26.5. The molecule has 3 aromatic rings. The minimum absolute atomic E-state index is 0.135. The number of fused-ring (bicyclic) bond motifs is 1. The van der Waals surface area contributed by atoms with Crippen LogP contribution in [-0.2, 0) is 4.79 Å². The maximum Gasteiger partial charge on any atom is 0.170 e. The molecule has 1 aliphatic rings. The van der Waals surface area contributed by atoms with Gasteiger partial charge in [-0.3, -0.25) is 4.79 Å². The third-order valence-electron chi connectivity index (χ3n) is 4.81. The number of carbonyl (C=O) groups excluding carboxylic acids is 1. The molecule has 0 bridgehead atoms. The van der Waals surface area contributed by atoms with Crippen molar-refractivity contribution in [1.29, 1.82) is 0 Å². The monoisotopic (exact) mass is 350 g/mol. The lowest BCUT2D eigenvalue weighted by molar-refractivity contribution is -0.122. The van der Waals surface area contributed by atoms with Gasteiger partial charge in [-0.25, -0.2) is 9.97 Å². The fourth-order valence-corrected chi connectivity index (χ4v) is 3.60. The summed E-state index contributed by atoms with van der Waals surface area (Å²) in [5, 5.41) is 1.03. The third-order valence-corrected chi connectivity index (χ3v) is 4.81. The van der Waals surface area contributed by atoms with E-state index in [2.05, 4.69) is 19.9 Å². The SMILES string of the molecule is O=C(COc1ccccc1)CC1CCCN(c2ncnc3[nH]ccc23)C1. The molecule has 0 amide bonds. The van der Waals surface area contributed by atoms with E-state index in [1.807, 2.05) is 42.6 Å². The summed E-state index contributed by atoms with van der Waals surface area (Å²) in [7, 11) is 0. The molecule has 0 radical (unpaired) electrons. The summed E-state index contributed by atoms with van der Waals surface area (Å²) < 4.78 is 5.58. The molecular weight excluding hydrogens is 328 g/mol. The Hall–Kier alpha value is -2.89. The lowest BCUT2D eigenvalue weighted by Crippen LogP contribution is -2.37. The number of ether oxygens (including phenoxy) is 1. The highest BCUT2D eigenvalue weighted by atomic mass is 16.5. The second-order valence-electron chi connectivity index (χ2n) is 6.74. The quantitative estimate of drug-likeness (QED) is 0.739. The molecule has 1 N–H and O–H groups in total. The Kier molecular flexibility index (Phi) is 4.82. The number of benzene rings is 1. The van der Waals surface area contributed by atoms with Gasteiger partial charge in [-0.15, -0.1) is 0 Å². The van der Waals surface area contributed by atoms with Crippen molar-refractivity contribution in [1.82, 2.24) is 15.0 Å². The molecule has 0 saturated carbocycles. The van der Waals surface area contributed by atoms with Crippen LogP contribution in [0.1, 0.15) is 19.3 Å². The molecule has 0 spiro atoms. The van der Waals surface area contributed by atoms with Crippen molar-refractivity contribution in [2.24, 2.45) is 5.92 Å². The molecule has 1 saturated heterocycles. The number of hydrogen-bond acceptors (Lipinski definition) is 5. The van der Waals surface area contributed by atoms with Gasteiger partial charge in [-0.05, 0) is 37.0 Å². The molecule has 6 nitrogen and oxygen atoms in total. The molecule has 1 fully saturated rings. The van der Waals surface area contributed by atoms with Gasteiger partial charge in [0.05, 0.1) is 5.39 Å². The molecule has 4 rings (SSSR count). The molecule has 1 aliphatic heterocycles. The van der Waals surface area contributed by atoms with Crippen molar-refractivity contribution in [2.45, 2.75) is 19.3 Å². The molecule has 134 valence electrons. The molecule has 1 atom stereocenters. The zero-order valence-electron chi connectivity index (χ0n) is 14.6. The van der Waals surface area contributed by atoms with Crippen molar-refractivity contribution in [2.75, 3.05) is 24.6 Å². The van der Waals surface area contributed by atoms with Gasteiger partial charge in [0.15, 0.2) is 5.78 Å². The first-order valence-corrected chi connectivity index (χ1v) is 9.02. The second kappa shape index (κ2) is 7.56. The number of nitrogens with zero attached hydrogens (tertiary/aromatic N) is 3. The summed E-state index contributed by atoms with van der Waals surface area (Å²) in [5.41, 5.74) is 0.851. The fourth-order valence-electron chi connectivity index (χ4n) is 3.60. The Balaban J connectivity index is 1.36. The molecule has 1 aromatic carbocycles. The van der Waals surface area contributed by atoms with Gasteiger partial charge in [-0.1, -0.05) is 18.2 Å². The van der Waals surface area contributed by atoms with Crippen molar-refractivity contribution in [3.8, 4) is 5.75 Å². The van der Waals surface area contributed by atoms with E-state index in [-0.39, 0.29) is 12.4 Å². The number of aromatic amines is 1. The van der Waals surface area contributed by atoms with Crippen molar-refractivity contribution in [3.63, 3.8) is 0 Å². The molecule has 3 heterocycles. The van der Waals surface area contributed by atoms with Gasteiger partial charge in [-0.2, -0.15) is 0 Å². The molecule has 6 heteroatoms. The summed E-state index contributed by atoms with van der Waals surface area (Å²) in [5.74, 6) is 2.17. The zero-order valence-corrected chi connectivity index (χ0v) is 14.6. The van der Waals surface area contributed by atoms with Crippen molar-refractivity contribution < 1.29 is 9.53 Å². The number of aromatic nitrogens is 3. The van der Waals surface area contributed by atoms with E-state index in [9.17, 15) is 4.79 Å². The number of ketones is 1. The van der Waals surface area contributed by atoms with Crippen LogP contribution in [0, 0.1) is 5.92 Å². The fraction of sp³-hybridized carbons (Fsp3) is 0.350. The van der Waals surface area contributed by atoms with Crippen molar-refractivity contribution >= 4 is 22.6 Å². The molecular formula is C20H22N4O2.